The van der Waals surface area contributed by atoms with Gasteiger partial charge in [-0.25, -0.2) is 0 Å². The van der Waals surface area contributed by atoms with Gasteiger partial charge in [0.05, 0.1) is 0 Å². The van der Waals surface area contributed by atoms with E-state index >= 15 is 0 Å². The number of rotatable bonds is 6. The lowest BCUT2D eigenvalue weighted by molar-refractivity contribution is -0.116. The van der Waals surface area contributed by atoms with Gasteiger partial charge in [-0.15, -0.1) is 7.92 Å². The predicted octanol–water partition coefficient (Wildman–Crippen LogP) is 2.77. The number of benzene rings is 1. The zero-order valence-electron chi connectivity index (χ0n) is 10.6. The molecule has 1 aromatic rings. The average Bonchev–Trinajstić information content (AvgIpc) is 2.28. The first-order chi connectivity index (χ1) is 8.11. The zero-order chi connectivity index (χ0) is 12.7. The van der Waals surface area contributed by atoms with Gasteiger partial charge in [0.2, 0.25) is 5.91 Å². The SMILES string of the molecule is C=CC(=O)NCCc1cccc(CP(C)C)c1. The second kappa shape index (κ2) is 7.24. The fourth-order valence-electron chi connectivity index (χ4n) is 1.65. The van der Waals surface area contributed by atoms with Gasteiger partial charge in [-0.05, 0) is 43.1 Å². The van der Waals surface area contributed by atoms with Crippen LogP contribution in [-0.4, -0.2) is 25.8 Å². The summed E-state index contributed by atoms with van der Waals surface area (Å²) in [5.74, 6) is -0.105. The third-order valence-electron chi connectivity index (χ3n) is 2.39. The molecule has 0 saturated heterocycles. The molecule has 1 amide bonds. The molecule has 0 unspecified atom stereocenters. The van der Waals surface area contributed by atoms with Crippen LogP contribution in [-0.2, 0) is 17.4 Å². The van der Waals surface area contributed by atoms with Gasteiger partial charge >= 0.3 is 0 Å². The molecule has 0 heterocycles. The minimum absolute atomic E-state index is 0.102. The molecule has 0 aliphatic carbocycles. The van der Waals surface area contributed by atoms with Crippen LogP contribution in [0.15, 0.2) is 36.9 Å². The molecule has 0 radical (unpaired) electrons. The number of nitrogens with one attached hydrogen (secondary N) is 1. The predicted molar refractivity (Wildman–Crippen MR) is 75.8 cm³/mol. The van der Waals surface area contributed by atoms with Crippen molar-refractivity contribution < 1.29 is 4.79 Å². The van der Waals surface area contributed by atoms with E-state index < -0.39 is 0 Å². The van der Waals surface area contributed by atoms with Gasteiger partial charge in [0.15, 0.2) is 0 Å². The van der Waals surface area contributed by atoms with E-state index in [0.717, 1.165) is 6.42 Å². The second-order valence-corrected chi connectivity index (χ2v) is 6.78. The molecule has 17 heavy (non-hydrogen) atoms. The molecule has 0 aliphatic rings. The van der Waals surface area contributed by atoms with Crippen LogP contribution in [0.25, 0.3) is 0 Å². The Balaban J connectivity index is 2.48. The highest BCUT2D eigenvalue weighted by Gasteiger charge is 2.00. The third-order valence-corrected chi connectivity index (χ3v) is 3.39. The summed E-state index contributed by atoms with van der Waals surface area (Å²) in [4.78, 5) is 11.0. The van der Waals surface area contributed by atoms with Crippen molar-refractivity contribution in [3.8, 4) is 0 Å². The molecule has 0 saturated carbocycles. The summed E-state index contributed by atoms with van der Waals surface area (Å²) in [6.07, 6.45) is 3.35. The topological polar surface area (TPSA) is 29.1 Å². The Bertz CT molecular complexity index is 388. The number of hydrogen-bond donors (Lipinski definition) is 1. The minimum Gasteiger partial charge on any atom is -0.352 e. The highest BCUT2D eigenvalue weighted by molar-refractivity contribution is 7.55. The Labute approximate surface area is 105 Å². The molecule has 1 rings (SSSR count). The van der Waals surface area contributed by atoms with Gasteiger partial charge in [0, 0.05) is 6.54 Å². The summed E-state index contributed by atoms with van der Waals surface area (Å²) < 4.78 is 0. The maximum Gasteiger partial charge on any atom is 0.243 e. The molecule has 0 aliphatic heterocycles. The Kier molecular flexibility index (Phi) is 5.93. The van der Waals surface area contributed by atoms with Crippen molar-refractivity contribution >= 4 is 13.8 Å². The first-order valence-corrected chi connectivity index (χ1v) is 8.17. The van der Waals surface area contributed by atoms with Gasteiger partial charge in [-0.1, -0.05) is 30.8 Å². The number of carbonyl (C=O) groups excluding carboxylic acids is 1. The first kappa shape index (κ1) is 13.9. The van der Waals surface area contributed by atoms with Crippen LogP contribution in [0.3, 0.4) is 0 Å². The van der Waals surface area contributed by atoms with E-state index in [4.69, 9.17) is 0 Å². The molecule has 0 bridgehead atoms. The standard InChI is InChI=1S/C14H20NOP/c1-4-14(16)15-9-8-12-6-5-7-13(10-12)11-17(2)3/h4-7,10H,1,8-9,11H2,2-3H3,(H,15,16). The maximum absolute atomic E-state index is 11.0. The van der Waals surface area contributed by atoms with Crippen LogP contribution in [0.2, 0.25) is 0 Å². The summed E-state index contributed by atoms with van der Waals surface area (Å²) in [5, 5.41) is 2.79. The van der Waals surface area contributed by atoms with Crippen molar-refractivity contribution in [2.24, 2.45) is 0 Å². The van der Waals surface area contributed by atoms with Crippen molar-refractivity contribution in [3.63, 3.8) is 0 Å². The van der Waals surface area contributed by atoms with Crippen LogP contribution >= 0.6 is 7.92 Å². The summed E-state index contributed by atoms with van der Waals surface area (Å²) in [6, 6.07) is 8.62. The van der Waals surface area contributed by atoms with Crippen molar-refractivity contribution in [1.82, 2.24) is 5.32 Å². The molecule has 2 nitrogen and oxygen atoms in total. The Morgan fingerprint density at radius 1 is 1.41 bits per heavy atom. The number of amides is 1. The number of hydrogen-bond acceptors (Lipinski definition) is 1. The van der Waals surface area contributed by atoms with Crippen molar-refractivity contribution in [1.29, 1.82) is 0 Å². The molecule has 0 aromatic heterocycles. The lowest BCUT2D eigenvalue weighted by Gasteiger charge is -2.08. The molecule has 1 aromatic carbocycles. The van der Waals surface area contributed by atoms with Gasteiger partial charge in [-0.2, -0.15) is 0 Å². The lowest BCUT2D eigenvalue weighted by Crippen LogP contribution is -2.23. The van der Waals surface area contributed by atoms with E-state index in [0.29, 0.717) is 6.54 Å². The summed E-state index contributed by atoms with van der Waals surface area (Å²) >= 11 is 0. The average molecular weight is 249 g/mol. The van der Waals surface area contributed by atoms with E-state index in [9.17, 15) is 4.79 Å². The van der Waals surface area contributed by atoms with E-state index in [1.807, 2.05) is 0 Å². The number of carbonyl (C=O) groups is 1. The molecule has 0 spiro atoms. The highest BCUT2D eigenvalue weighted by atomic mass is 31.1. The summed E-state index contributed by atoms with van der Waals surface area (Å²) in [7, 11) is 0.102. The smallest absolute Gasteiger partial charge is 0.243 e. The van der Waals surface area contributed by atoms with E-state index in [2.05, 4.69) is 49.5 Å². The van der Waals surface area contributed by atoms with Crippen LogP contribution in [0, 0.1) is 0 Å². The van der Waals surface area contributed by atoms with Crippen LogP contribution < -0.4 is 5.32 Å². The van der Waals surface area contributed by atoms with Gasteiger partial charge in [0.25, 0.3) is 0 Å². The molecular weight excluding hydrogens is 229 g/mol. The Morgan fingerprint density at radius 2 is 2.12 bits per heavy atom. The van der Waals surface area contributed by atoms with Crippen LogP contribution in [0.1, 0.15) is 11.1 Å². The summed E-state index contributed by atoms with van der Waals surface area (Å²) in [5.41, 5.74) is 2.68. The van der Waals surface area contributed by atoms with E-state index in [1.54, 1.807) is 0 Å². The molecule has 0 fully saturated rings. The normalized spacial score (nSPS) is 10.3. The zero-order valence-corrected chi connectivity index (χ0v) is 11.5. The first-order valence-electron chi connectivity index (χ1n) is 5.74. The van der Waals surface area contributed by atoms with Crippen LogP contribution in [0.5, 0.6) is 0 Å². The van der Waals surface area contributed by atoms with E-state index in [1.165, 1.54) is 23.4 Å². The maximum atomic E-state index is 11.0. The van der Waals surface area contributed by atoms with Gasteiger partial charge < -0.3 is 5.32 Å². The van der Waals surface area contributed by atoms with Crippen molar-refractivity contribution in [2.45, 2.75) is 12.6 Å². The lowest BCUT2D eigenvalue weighted by atomic mass is 10.1. The third kappa shape index (κ3) is 5.65. The fourth-order valence-corrected chi connectivity index (χ4v) is 2.58. The Hall–Kier alpha value is -1.14. The van der Waals surface area contributed by atoms with Crippen molar-refractivity contribution in [3.05, 3.63) is 48.0 Å². The largest absolute Gasteiger partial charge is 0.352 e. The molecule has 92 valence electrons. The second-order valence-electron chi connectivity index (χ2n) is 4.30. The summed E-state index contributed by atoms with van der Waals surface area (Å²) in [6.45, 7) is 8.66. The van der Waals surface area contributed by atoms with E-state index in [-0.39, 0.29) is 13.8 Å². The van der Waals surface area contributed by atoms with Gasteiger partial charge in [0.1, 0.15) is 0 Å². The monoisotopic (exact) mass is 249 g/mol. The van der Waals surface area contributed by atoms with Gasteiger partial charge in [-0.3, -0.25) is 4.79 Å². The Morgan fingerprint density at radius 3 is 2.76 bits per heavy atom. The highest BCUT2D eigenvalue weighted by Crippen LogP contribution is 2.30. The molecular formula is C14H20NOP. The molecule has 0 atom stereocenters. The minimum atomic E-state index is -0.105. The van der Waals surface area contributed by atoms with Crippen molar-refractivity contribution in [2.75, 3.05) is 19.9 Å². The fraction of sp³-hybridized carbons (Fsp3) is 0.357. The molecule has 1 N–H and O–H groups in total. The molecule has 3 heteroatoms. The quantitative estimate of drug-likeness (QED) is 0.609. The van der Waals surface area contributed by atoms with Crippen LogP contribution in [0.4, 0.5) is 0 Å².